The molecular weight excluding hydrogens is 214 g/mol. The van der Waals surface area contributed by atoms with E-state index in [2.05, 4.69) is 27.0 Å². The van der Waals surface area contributed by atoms with Gasteiger partial charge in [0, 0.05) is 0 Å². The van der Waals surface area contributed by atoms with Gasteiger partial charge in [-0.25, -0.2) is 0 Å². The summed E-state index contributed by atoms with van der Waals surface area (Å²) in [5.74, 6) is 3.89. The molecule has 96 valence electrons. The summed E-state index contributed by atoms with van der Waals surface area (Å²) in [6.07, 6.45) is 7.74. The number of thioether (sulfide) groups is 1. The average molecular weight is 243 g/mol. The summed E-state index contributed by atoms with van der Waals surface area (Å²) in [5, 5.41) is 0. The molecule has 1 rings (SSSR count). The van der Waals surface area contributed by atoms with Crippen molar-refractivity contribution in [2.24, 2.45) is 28.9 Å². The van der Waals surface area contributed by atoms with Crippen molar-refractivity contribution < 1.29 is 0 Å². The Balaban J connectivity index is 2.54. The van der Waals surface area contributed by atoms with Crippen LogP contribution in [0.15, 0.2) is 0 Å². The molecule has 1 aliphatic carbocycles. The molecule has 0 aromatic heterocycles. The van der Waals surface area contributed by atoms with Crippen molar-refractivity contribution >= 4 is 11.8 Å². The number of rotatable bonds is 4. The van der Waals surface area contributed by atoms with Gasteiger partial charge < -0.3 is 5.73 Å². The minimum atomic E-state index is 0.483. The molecule has 0 aromatic carbocycles. The lowest BCUT2D eigenvalue weighted by atomic mass is 9.65. The summed E-state index contributed by atoms with van der Waals surface area (Å²) in [5.41, 5.74) is 6.40. The smallest absolute Gasteiger partial charge is 0.00462 e. The summed E-state index contributed by atoms with van der Waals surface area (Å²) in [4.78, 5) is 0. The first kappa shape index (κ1) is 14.4. The molecule has 16 heavy (non-hydrogen) atoms. The second-order valence-electron chi connectivity index (χ2n) is 6.41. The van der Waals surface area contributed by atoms with Crippen molar-refractivity contribution in [2.75, 3.05) is 18.6 Å². The second-order valence-corrected chi connectivity index (χ2v) is 7.40. The van der Waals surface area contributed by atoms with E-state index in [-0.39, 0.29) is 0 Å². The summed E-state index contributed by atoms with van der Waals surface area (Å²) < 4.78 is 0. The van der Waals surface area contributed by atoms with E-state index >= 15 is 0 Å². The SMILES string of the molecule is CSCCC1CC(C(C)(C)C)CCC1CN. The van der Waals surface area contributed by atoms with E-state index in [1.165, 1.54) is 31.4 Å². The zero-order valence-electron chi connectivity index (χ0n) is 11.5. The van der Waals surface area contributed by atoms with Crippen LogP contribution in [0.2, 0.25) is 0 Å². The molecule has 0 aliphatic heterocycles. The monoisotopic (exact) mass is 243 g/mol. The molecular formula is C14H29NS. The molecule has 0 spiro atoms. The summed E-state index contributed by atoms with van der Waals surface area (Å²) in [6, 6.07) is 0. The van der Waals surface area contributed by atoms with Gasteiger partial charge in [0.15, 0.2) is 0 Å². The Labute approximate surface area is 106 Å². The van der Waals surface area contributed by atoms with Gasteiger partial charge >= 0.3 is 0 Å². The van der Waals surface area contributed by atoms with Crippen molar-refractivity contribution in [3.63, 3.8) is 0 Å². The van der Waals surface area contributed by atoms with E-state index in [9.17, 15) is 0 Å². The van der Waals surface area contributed by atoms with Crippen LogP contribution in [0.1, 0.15) is 46.5 Å². The maximum Gasteiger partial charge on any atom is -0.00462 e. The Kier molecular flexibility index (Phi) is 5.66. The molecule has 1 fully saturated rings. The third-order valence-corrected chi connectivity index (χ3v) is 5.00. The largest absolute Gasteiger partial charge is 0.330 e. The summed E-state index contributed by atoms with van der Waals surface area (Å²) in [6.45, 7) is 8.08. The van der Waals surface area contributed by atoms with Crippen molar-refractivity contribution in [3.05, 3.63) is 0 Å². The normalized spacial score (nSPS) is 31.7. The Morgan fingerprint density at radius 1 is 1.19 bits per heavy atom. The Hall–Kier alpha value is 0.310. The van der Waals surface area contributed by atoms with Crippen LogP contribution in [0, 0.1) is 23.2 Å². The van der Waals surface area contributed by atoms with E-state index in [4.69, 9.17) is 5.73 Å². The van der Waals surface area contributed by atoms with Crippen molar-refractivity contribution in [3.8, 4) is 0 Å². The second kappa shape index (κ2) is 6.30. The first-order valence-electron chi connectivity index (χ1n) is 6.68. The van der Waals surface area contributed by atoms with Gasteiger partial charge in [-0.05, 0) is 67.4 Å². The van der Waals surface area contributed by atoms with E-state index in [0.29, 0.717) is 5.41 Å². The number of nitrogens with two attached hydrogens (primary N) is 1. The van der Waals surface area contributed by atoms with Crippen LogP contribution in [0.5, 0.6) is 0 Å². The molecule has 1 saturated carbocycles. The van der Waals surface area contributed by atoms with Gasteiger partial charge in [0.1, 0.15) is 0 Å². The molecule has 0 bridgehead atoms. The van der Waals surface area contributed by atoms with Gasteiger partial charge in [0.25, 0.3) is 0 Å². The number of hydrogen-bond acceptors (Lipinski definition) is 2. The van der Waals surface area contributed by atoms with Crippen LogP contribution >= 0.6 is 11.8 Å². The molecule has 0 amide bonds. The first-order chi connectivity index (χ1) is 7.49. The molecule has 1 aliphatic rings. The third-order valence-electron chi connectivity index (χ3n) is 4.36. The van der Waals surface area contributed by atoms with Gasteiger partial charge in [0.2, 0.25) is 0 Å². The lowest BCUT2D eigenvalue weighted by molar-refractivity contribution is 0.0996. The van der Waals surface area contributed by atoms with E-state index in [1.54, 1.807) is 0 Å². The Morgan fingerprint density at radius 2 is 1.88 bits per heavy atom. The van der Waals surface area contributed by atoms with Gasteiger partial charge in [-0.2, -0.15) is 11.8 Å². The lowest BCUT2D eigenvalue weighted by Crippen LogP contribution is -2.35. The van der Waals surface area contributed by atoms with E-state index < -0.39 is 0 Å². The van der Waals surface area contributed by atoms with Crippen LogP contribution in [-0.2, 0) is 0 Å². The topological polar surface area (TPSA) is 26.0 Å². The Morgan fingerprint density at radius 3 is 2.38 bits per heavy atom. The van der Waals surface area contributed by atoms with Crippen molar-refractivity contribution in [2.45, 2.75) is 46.5 Å². The molecule has 3 unspecified atom stereocenters. The molecule has 2 heteroatoms. The minimum Gasteiger partial charge on any atom is -0.330 e. The van der Waals surface area contributed by atoms with Crippen LogP contribution < -0.4 is 5.73 Å². The zero-order chi connectivity index (χ0) is 12.2. The van der Waals surface area contributed by atoms with Crippen LogP contribution in [0.3, 0.4) is 0 Å². The fourth-order valence-electron chi connectivity index (χ4n) is 3.05. The average Bonchev–Trinajstić information content (AvgIpc) is 2.24. The summed E-state index contributed by atoms with van der Waals surface area (Å²) >= 11 is 1.98. The number of hydrogen-bond donors (Lipinski definition) is 1. The van der Waals surface area contributed by atoms with Gasteiger partial charge in [-0.1, -0.05) is 20.8 Å². The van der Waals surface area contributed by atoms with Crippen molar-refractivity contribution in [1.29, 1.82) is 0 Å². The Bertz CT molecular complexity index is 197. The fraction of sp³-hybridized carbons (Fsp3) is 1.00. The first-order valence-corrected chi connectivity index (χ1v) is 8.07. The van der Waals surface area contributed by atoms with Gasteiger partial charge in [-0.15, -0.1) is 0 Å². The molecule has 1 nitrogen and oxygen atoms in total. The van der Waals surface area contributed by atoms with Crippen molar-refractivity contribution in [1.82, 2.24) is 0 Å². The van der Waals surface area contributed by atoms with E-state index in [0.717, 1.165) is 24.3 Å². The molecule has 0 radical (unpaired) electrons. The zero-order valence-corrected chi connectivity index (χ0v) is 12.3. The highest BCUT2D eigenvalue weighted by molar-refractivity contribution is 7.98. The maximum absolute atomic E-state index is 5.91. The molecule has 2 N–H and O–H groups in total. The quantitative estimate of drug-likeness (QED) is 0.813. The molecule has 0 heterocycles. The highest BCUT2D eigenvalue weighted by Crippen LogP contribution is 2.43. The maximum atomic E-state index is 5.91. The van der Waals surface area contributed by atoms with Crippen LogP contribution in [-0.4, -0.2) is 18.6 Å². The van der Waals surface area contributed by atoms with Gasteiger partial charge in [-0.3, -0.25) is 0 Å². The highest BCUT2D eigenvalue weighted by Gasteiger charge is 2.34. The predicted molar refractivity (Wildman–Crippen MR) is 75.8 cm³/mol. The standard InChI is InChI=1S/C14H29NS/c1-14(2,3)13-6-5-12(10-15)11(9-13)7-8-16-4/h11-13H,5-10,15H2,1-4H3. The summed E-state index contributed by atoms with van der Waals surface area (Å²) in [7, 11) is 0. The minimum absolute atomic E-state index is 0.483. The van der Waals surface area contributed by atoms with Crippen LogP contribution in [0.4, 0.5) is 0 Å². The lowest BCUT2D eigenvalue weighted by Gasteiger charge is -2.41. The van der Waals surface area contributed by atoms with E-state index in [1.807, 2.05) is 11.8 Å². The highest BCUT2D eigenvalue weighted by atomic mass is 32.2. The molecule has 0 aromatic rings. The third kappa shape index (κ3) is 3.96. The fourth-order valence-corrected chi connectivity index (χ4v) is 3.58. The molecule has 3 atom stereocenters. The predicted octanol–water partition coefficient (Wildman–Crippen LogP) is 3.78. The van der Waals surface area contributed by atoms with Crippen LogP contribution in [0.25, 0.3) is 0 Å². The molecule has 0 saturated heterocycles. The van der Waals surface area contributed by atoms with Gasteiger partial charge in [0.05, 0.1) is 0 Å².